The summed E-state index contributed by atoms with van der Waals surface area (Å²) in [5, 5.41) is 13.3. The van der Waals surface area contributed by atoms with Gasteiger partial charge in [0.25, 0.3) is 0 Å². The van der Waals surface area contributed by atoms with Crippen LogP contribution in [-0.2, 0) is 4.79 Å². The zero-order valence-electron chi connectivity index (χ0n) is 12.8. The Morgan fingerprint density at radius 1 is 1.32 bits per heavy atom. The topological polar surface area (TPSA) is 75.4 Å². The summed E-state index contributed by atoms with van der Waals surface area (Å²) in [6.07, 6.45) is 4.37. The first kappa shape index (κ1) is 16.4. The SMILES string of the molecule is CC[C@H](C)[C@H](N)C(=O)NCC1(O)CCC(C)(C)CC1. The molecular weight excluding hydrogens is 240 g/mol. The molecule has 1 amide bonds. The first-order valence-electron chi connectivity index (χ1n) is 7.45. The van der Waals surface area contributed by atoms with Crippen molar-refractivity contribution in [2.24, 2.45) is 17.1 Å². The lowest BCUT2D eigenvalue weighted by Gasteiger charge is -2.40. The molecule has 112 valence electrons. The second-order valence-electron chi connectivity index (χ2n) is 7.02. The number of hydrogen-bond acceptors (Lipinski definition) is 3. The maximum atomic E-state index is 11.9. The minimum absolute atomic E-state index is 0.146. The number of aliphatic hydroxyl groups is 1. The Kier molecular flexibility index (Phi) is 5.39. The molecule has 0 heterocycles. The van der Waals surface area contributed by atoms with E-state index in [0.717, 1.165) is 32.1 Å². The van der Waals surface area contributed by atoms with Crippen molar-refractivity contribution < 1.29 is 9.90 Å². The van der Waals surface area contributed by atoms with Crippen LogP contribution in [0.3, 0.4) is 0 Å². The first-order chi connectivity index (χ1) is 8.69. The zero-order valence-corrected chi connectivity index (χ0v) is 12.8. The molecule has 1 aliphatic rings. The highest BCUT2D eigenvalue weighted by Crippen LogP contribution is 2.39. The van der Waals surface area contributed by atoms with Gasteiger partial charge < -0.3 is 16.2 Å². The van der Waals surface area contributed by atoms with Gasteiger partial charge in [0, 0.05) is 6.54 Å². The van der Waals surface area contributed by atoms with Crippen molar-refractivity contribution >= 4 is 5.91 Å². The molecule has 0 unspecified atom stereocenters. The van der Waals surface area contributed by atoms with Crippen LogP contribution in [0.15, 0.2) is 0 Å². The zero-order chi connectivity index (χ0) is 14.7. The molecule has 2 atom stereocenters. The minimum atomic E-state index is -0.750. The van der Waals surface area contributed by atoms with Gasteiger partial charge >= 0.3 is 0 Å². The molecule has 0 spiro atoms. The van der Waals surface area contributed by atoms with E-state index in [4.69, 9.17) is 5.73 Å². The Labute approximate surface area is 117 Å². The molecule has 1 saturated carbocycles. The van der Waals surface area contributed by atoms with E-state index < -0.39 is 11.6 Å². The lowest BCUT2D eigenvalue weighted by Crippen LogP contribution is -2.51. The van der Waals surface area contributed by atoms with E-state index in [-0.39, 0.29) is 11.8 Å². The third kappa shape index (κ3) is 4.77. The van der Waals surface area contributed by atoms with Gasteiger partial charge in [0.05, 0.1) is 11.6 Å². The third-order valence-electron chi connectivity index (χ3n) is 4.69. The second-order valence-corrected chi connectivity index (χ2v) is 7.02. The number of nitrogens with one attached hydrogen (secondary N) is 1. The van der Waals surface area contributed by atoms with Gasteiger partial charge in [-0.05, 0) is 37.0 Å². The predicted molar refractivity (Wildman–Crippen MR) is 77.6 cm³/mol. The quantitative estimate of drug-likeness (QED) is 0.713. The highest BCUT2D eigenvalue weighted by atomic mass is 16.3. The fraction of sp³-hybridized carbons (Fsp3) is 0.933. The maximum absolute atomic E-state index is 11.9. The molecule has 0 bridgehead atoms. The van der Waals surface area contributed by atoms with Crippen molar-refractivity contribution in [2.45, 2.75) is 71.4 Å². The monoisotopic (exact) mass is 270 g/mol. The number of hydrogen-bond donors (Lipinski definition) is 3. The number of carbonyl (C=O) groups excluding carboxylic acids is 1. The second kappa shape index (κ2) is 6.23. The molecule has 0 aliphatic heterocycles. The van der Waals surface area contributed by atoms with Crippen LogP contribution < -0.4 is 11.1 Å². The minimum Gasteiger partial charge on any atom is -0.388 e. The highest BCUT2D eigenvalue weighted by molar-refractivity contribution is 5.81. The van der Waals surface area contributed by atoms with Gasteiger partial charge in [-0.2, -0.15) is 0 Å². The normalized spacial score (nSPS) is 24.5. The molecular formula is C15H30N2O2. The van der Waals surface area contributed by atoms with E-state index in [1.54, 1.807) is 0 Å². The molecule has 1 rings (SSSR count). The van der Waals surface area contributed by atoms with E-state index in [2.05, 4.69) is 19.2 Å². The Balaban J connectivity index is 2.42. The largest absolute Gasteiger partial charge is 0.388 e. The highest BCUT2D eigenvalue weighted by Gasteiger charge is 2.37. The molecule has 0 saturated heterocycles. The van der Waals surface area contributed by atoms with Gasteiger partial charge in [-0.15, -0.1) is 0 Å². The van der Waals surface area contributed by atoms with Crippen LogP contribution in [0.5, 0.6) is 0 Å². The van der Waals surface area contributed by atoms with E-state index in [1.807, 2.05) is 13.8 Å². The predicted octanol–water partition coefficient (Wildman–Crippen LogP) is 1.81. The van der Waals surface area contributed by atoms with Gasteiger partial charge in [-0.3, -0.25) is 4.79 Å². The van der Waals surface area contributed by atoms with Gasteiger partial charge in [0.2, 0.25) is 5.91 Å². The van der Waals surface area contributed by atoms with E-state index in [1.165, 1.54) is 0 Å². The summed E-state index contributed by atoms with van der Waals surface area (Å²) in [5.74, 6) is 0.0209. The summed E-state index contributed by atoms with van der Waals surface area (Å²) >= 11 is 0. The van der Waals surface area contributed by atoms with Crippen LogP contribution in [0.1, 0.15) is 59.8 Å². The van der Waals surface area contributed by atoms with E-state index in [0.29, 0.717) is 12.0 Å². The number of nitrogens with two attached hydrogens (primary N) is 1. The van der Waals surface area contributed by atoms with Crippen molar-refractivity contribution in [3.63, 3.8) is 0 Å². The van der Waals surface area contributed by atoms with E-state index >= 15 is 0 Å². The lowest BCUT2D eigenvalue weighted by atomic mass is 9.71. The molecule has 4 nitrogen and oxygen atoms in total. The molecule has 4 N–H and O–H groups in total. The van der Waals surface area contributed by atoms with Gasteiger partial charge in [0.15, 0.2) is 0 Å². The summed E-state index contributed by atoms with van der Waals surface area (Å²) in [4.78, 5) is 11.9. The fourth-order valence-electron chi connectivity index (χ4n) is 2.45. The Morgan fingerprint density at radius 2 is 1.84 bits per heavy atom. The van der Waals surface area contributed by atoms with Crippen LogP contribution in [0, 0.1) is 11.3 Å². The van der Waals surface area contributed by atoms with Crippen molar-refractivity contribution in [1.29, 1.82) is 0 Å². The number of amides is 1. The summed E-state index contributed by atoms with van der Waals surface area (Å²) in [5.41, 5.74) is 5.44. The molecule has 4 heteroatoms. The molecule has 1 aliphatic carbocycles. The first-order valence-corrected chi connectivity index (χ1v) is 7.45. The van der Waals surface area contributed by atoms with Crippen molar-refractivity contribution in [1.82, 2.24) is 5.32 Å². The molecule has 1 fully saturated rings. The Morgan fingerprint density at radius 3 is 2.32 bits per heavy atom. The fourth-order valence-corrected chi connectivity index (χ4v) is 2.45. The average molecular weight is 270 g/mol. The summed E-state index contributed by atoms with van der Waals surface area (Å²) in [6.45, 7) is 8.77. The van der Waals surface area contributed by atoms with Gasteiger partial charge in [0.1, 0.15) is 0 Å². The van der Waals surface area contributed by atoms with Crippen molar-refractivity contribution in [3.05, 3.63) is 0 Å². The van der Waals surface area contributed by atoms with Gasteiger partial charge in [-0.25, -0.2) is 0 Å². The summed E-state index contributed by atoms with van der Waals surface area (Å²) in [6, 6.07) is -0.478. The molecule has 0 aromatic carbocycles. The number of rotatable bonds is 5. The third-order valence-corrected chi connectivity index (χ3v) is 4.69. The maximum Gasteiger partial charge on any atom is 0.237 e. The van der Waals surface area contributed by atoms with Crippen LogP contribution in [0.2, 0.25) is 0 Å². The molecule has 19 heavy (non-hydrogen) atoms. The number of carbonyl (C=O) groups is 1. The lowest BCUT2D eigenvalue weighted by molar-refractivity contribution is -0.125. The van der Waals surface area contributed by atoms with Crippen LogP contribution in [0.25, 0.3) is 0 Å². The Hall–Kier alpha value is -0.610. The van der Waals surface area contributed by atoms with Gasteiger partial charge in [-0.1, -0.05) is 34.1 Å². The summed E-state index contributed by atoms with van der Waals surface area (Å²) in [7, 11) is 0. The molecule has 0 radical (unpaired) electrons. The standard InChI is InChI=1S/C15H30N2O2/c1-5-11(2)12(16)13(18)17-10-15(19)8-6-14(3,4)7-9-15/h11-12,19H,5-10,16H2,1-4H3,(H,17,18)/t11-,12-/m0/s1. The van der Waals surface area contributed by atoms with Crippen LogP contribution in [-0.4, -0.2) is 29.2 Å². The smallest absolute Gasteiger partial charge is 0.237 e. The van der Waals surface area contributed by atoms with Crippen LogP contribution in [0.4, 0.5) is 0 Å². The average Bonchev–Trinajstić information content (AvgIpc) is 2.38. The molecule has 0 aromatic heterocycles. The van der Waals surface area contributed by atoms with Crippen molar-refractivity contribution in [3.8, 4) is 0 Å². The van der Waals surface area contributed by atoms with Crippen LogP contribution >= 0.6 is 0 Å². The van der Waals surface area contributed by atoms with Crippen molar-refractivity contribution in [2.75, 3.05) is 6.54 Å². The molecule has 0 aromatic rings. The van der Waals surface area contributed by atoms with E-state index in [9.17, 15) is 9.90 Å². The summed E-state index contributed by atoms with van der Waals surface area (Å²) < 4.78 is 0. The Bertz CT molecular complexity index is 305.